The van der Waals surface area contributed by atoms with E-state index in [2.05, 4.69) is 59.2 Å². The number of aromatic nitrogens is 5. The molecular formula is C29H38N6O3. The Balaban J connectivity index is 1.66. The predicted molar refractivity (Wildman–Crippen MR) is 149 cm³/mol. The van der Waals surface area contributed by atoms with Gasteiger partial charge >= 0.3 is 0 Å². The number of methoxy groups -OCH3 is 2. The van der Waals surface area contributed by atoms with Crippen LogP contribution in [0.2, 0.25) is 0 Å². The van der Waals surface area contributed by atoms with Gasteiger partial charge in [0.1, 0.15) is 0 Å². The fourth-order valence-corrected chi connectivity index (χ4v) is 4.74. The summed E-state index contributed by atoms with van der Waals surface area (Å²) in [4.78, 5) is 18.5. The molecule has 1 N–H and O–H groups in total. The van der Waals surface area contributed by atoms with Crippen molar-refractivity contribution in [3.05, 3.63) is 74.8 Å². The van der Waals surface area contributed by atoms with E-state index in [4.69, 9.17) is 9.47 Å². The lowest BCUT2D eigenvalue weighted by Crippen LogP contribution is -2.33. The Morgan fingerprint density at radius 3 is 2.50 bits per heavy atom. The van der Waals surface area contributed by atoms with Crippen LogP contribution in [0.5, 0.6) is 11.5 Å². The van der Waals surface area contributed by atoms with Crippen molar-refractivity contribution in [1.82, 2.24) is 30.1 Å². The number of nitrogens with zero attached hydrogens (tertiary/aromatic N) is 5. The molecule has 0 radical (unpaired) electrons. The Labute approximate surface area is 223 Å². The van der Waals surface area contributed by atoms with Crippen molar-refractivity contribution >= 4 is 10.9 Å². The summed E-state index contributed by atoms with van der Waals surface area (Å²) in [6.07, 6.45) is 1.64. The molecule has 0 aliphatic heterocycles. The molecular weight excluding hydrogens is 480 g/mol. The number of H-pyrrole nitrogens is 1. The molecule has 38 heavy (non-hydrogen) atoms. The second kappa shape index (κ2) is 11.3. The monoisotopic (exact) mass is 518 g/mol. The second-order valence-electron chi connectivity index (χ2n) is 10.5. The first-order chi connectivity index (χ1) is 18.1. The van der Waals surface area contributed by atoms with E-state index in [1.165, 1.54) is 0 Å². The number of hydrogen-bond donors (Lipinski definition) is 1. The highest BCUT2D eigenvalue weighted by Crippen LogP contribution is 2.28. The van der Waals surface area contributed by atoms with Gasteiger partial charge in [-0.15, -0.1) is 5.10 Å². The first-order valence-electron chi connectivity index (χ1n) is 13.0. The molecule has 0 amide bonds. The number of pyridine rings is 1. The fourth-order valence-electron chi connectivity index (χ4n) is 4.74. The third-order valence-corrected chi connectivity index (χ3v) is 7.29. The highest BCUT2D eigenvalue weighted by molar-refractivity contribution is 5.83. The number of nitrogens with one attached hydrogen (secondary N) is 1. The topological polar surface area (TPSA) is 98.2 Å². The van der Waals surface area contributed by atoms with Gasteiger partial charge in [0.05, 0.1) is 26.3 Å². The summed E-state index contributed by atoms with van der Waals surface area (Å²) in [5, 5.41) is 13.7. The Morgan fingerprint density at radius 2 is 1.79 bits per heavy atom. The Bertz CT molecular complexity index is 1470. The summed E-state index contributed by atoms with van der Waals surface area (Å²) in [5.74, 6) is 2.16. The van der Waals surface area contributed by atoms with Gasteiger partial charge in [-0.25, -0.2) is 4.68 Å². The number of ether oxygens (including phenoxy) is 2. The lowest BCUT2D eigenvalue weighted by molar-refractivity contribution is 0.225. The number of benzene rings is 2. The van der Waals surface area contributed by atoms with Gasteiger partial charge in [-0.05, 0) is 91.9 Å². The van der Waals surface area contributed by atoms with Crippen molar-refractivity contribution in [2.75, 3.05) is 20.8 Å². The van der Waals surface area contributed by atoms with E-state index in [0.717, 1.165) is 46.3 Å². The fraction of sp³-hybridized carbons (Fsp3) is 0.448. The van der Waals surface area contributed by atoms with Gasteiger partial charge < -0.3 is 14.5 Å². The molecule has 9 nitrogen and oxygen atoms in total. The van der Waals surface area contributed by atoms with Gasteiger partial charge in [-0.3, -0.25) is 9.69 Å². The number of rotatable bonds is 11. The van der Waals surface area contributed by atoms with Crippen LogP contribution in [0.1, 0.15) is 55.3 Å². The first kappa shape index (κ1) is 27.3. The van der Waals surface area contributed by atoms with E-state index in [9.17, 15) is 4.79 Å². The van der Waals surface area contributed by atoms with Crippen LogP contribution in [0.25, 0.3) is 10.9 Å². The maximum absolute atomic E-state index is 13.1. The normalized spacial score (nSPS) is 11.9. The minimum absolute atomic E-state index is 0.0768. The van der Waals surface area contributed by atoms with E-state index in [0.29, 0.717) is 36.7 Å². The van der Waals surface area contributed by atoms with Gasteiger partial charge in [0.15, 0.2) is 17.3 Å². The minimum atomic E-state index is -0.219. The third-order valence-electron chi connectivity index (χ3n) is 7.29. The Morgan fingerprint density at radius 1 is 1.03 bits per heavy atom. The minimum Gasteiger partial charge on any atom is -0.493 e. The largest absolute Gasteiger partial charge is 0.493 e. The van der Waals surface area contributed by atoms with Gasteiger partial charge in [0, 0.05) is 29.6 Å². The standard InChI is InChI=1S/C29H38N6O3/c1-8-29(4,5)35-27(31-32-33-35)18-34(12-11-21-9-10-25(37-6)26(15-21)38-7)17-22-16-23-20(3)13-19(2)14-24(23)30-28(22)36/h9-10,13-16H,8,11-12,17-18H2,1-7H3,(H,30,36). The van der Waals surface area contributed by atoms with Gasteiger partial charge in [0.2, 0.25) is 0 Å². The molecule has 4 rings (SSSR count). The van der Waals surface area contributed by atoms with Crippen LogP contribution in [0, 0.1) is 13.8 Å². The summed E-state index contributed by atoms with van der Waals surface area (Å²) >= 11 is 0. The van der Waals surface area contributed by atoms with Gasteiger partial charge in [0.25, 0.3) is 5.56 Å². The van der Waals surface area contributed by atoms with E-state index >= 15 is 0 Å². The van der Waals surface area contributed by atoms with Crippen LogP contribution in [0.15, 0.2) is 41.2 Å². The molecule has 2 heterocycles. The zero-order chi connectivity index (χ0) is 27.4. The average molecular weight is 519 g/mol. The van der Waals surface area contributed by atoms with Crippen LogP contribution in [-0.2, 0) is 25.0 Å². The lowest BCUT2D eigenvalue weighted by Gasteiger charge is -2.27. The molecule has 0 spiro atoms. The molecule has 2 aromatic heterocycles. The van der Waals surface area contributed by atoms with Crippen molar-refractivity contribution in [3.63, 3.8) is 0 Å². The Hall–Kier alpha value is -3.72. The van der Waals surface area contributed by atoms with Crippen LogP contribution in [-0.4, -0.2) is 50.9 Å². The maximum atomic E-state index is 13.1. The Kier molecular flexibility index (Phi) is 8.16. The molecule has 0 saturated heterocycles. The van der Waals surface area contributed by atoms with Crippen LogP contribution in [0.3, 0.4) is 0 Å². The summed E-state index contributed by atoms with van der Waals surface area (Å²) in [5.41, 5.74) is 4.66. The molecule has 0 fully saturated rings. The zero-order valence-corrected chi connectivity index (χ0v) is 23.5. The molecule has 9 heteroatoms. The lowest BCUT2D eigenvalue weighted by atomic mass is 10.0. The van der Waals surface area contributed by atoms with E-state index in [1.54, 1.807) is 14.2 Å². The van der Waals surface area contributed by atoms with E-state index < -0.39 is 0 Å². The maximum Gasteiger partial charge on any atom is 0.252 e. The van der Waals surface area contributed by atoms with Crippen molar-refractivity contribution in [3.8, 4) is 11.5 Å². The van der Waals surface area contributed by atoms with Crippen LogP contribution in [0.4, 0.5) is 0 Å². The van der Waals surface area contributed by atoms with Crippen molar-refractivity contribution in [2.45, 2.75) is 66.1 Å². The molecule has 0 bridgehead atoms. The van der Waals surface area contributed by atoms with Gasteiger partial charge in [-0.2, -0.15) is 0 Å². The second-order valence-corrected chi connectivity index (χ2v) is 10.5. The highest BCUT2D eigenvalue weighted by atomic mass is 16.5. The molecule has 0 saturated carbocycles. The SMILES string of the molecule is CCC(C)(C)n1nnnc1CN(CCc1ccc(OC)c(OC)c1)Cc1cc2c(C)cc(C)cc2[nH]c1=O. The summed E-state index contributed by atoms with van der Waals surface area (Å²) < 4.78 is 12.8. The number of fused-ring (bicyclic) bond motifs is 1. The van der Waals surface area contributed by atoms with E-state index in [1.807, 2.05) is 41.9 Å². The summed E-state index contributed by atoms with van der Waals surface area (Å²) in [6, 6.07) is 12.1. The van der Waals surface area contributed by atoms with Gasteiger partial charge in [-0.1, -0.05) is 19.1 Å². The molecule has 202 valence electrons. The molecule has 2 aromatic carbocycles. The number of aromatic amines is 1. The van der Waals surface area contributed by atoms with Crippen molar-refractivity contribution < 1.29 is 9.47 Å². The molecule has 0 aliphatic rings. The van der Waals surface area contributed by atoms with Crippen LogP contribution < -0.4 is 15.0 Å². The van der Waals surface area contributed by atoms with E-state index in [-0.39, 0.29) is 11.1 Å². The predicted octanol–water partition coefficient (Wildman–Crippen LogP) is 4.54. The third kappa shape index (κ3) is 5.88. The van der Waals surface area contributed by atoms with Crippen molar-refractivity contribution in [2.24, 2.45) is 0 Å². The smallest absolute Gasteiger partial charge is 0.252 e. The summed E-state index contributed by atoms with van der Waals surface area (Å²) in [7, 11) is 3.27. The number of tetrazole rings is 1. The summed E-state index contributed by atoms with van der Waals surface area (Å²) in [6.45, 7) is 12.2. The quantitative estimate of drug-likeness (QED) is 0.311. The molecule has 0 unspecified atom stereocenters. The van der Waals surface area contributed by atoms with Crippen molar-refractivity contribution in [1.29, 1.82) is 0 Å². The molecule has 0 aliphatic carbocycles. The molecule has 4 aromatic rings. The highest BCUT2D eigenvalue weighted by Gasteiger charge is 2.25. The molecule has 0 atom stereocenters. The first-order valence-corrected chi connectivity index (χ1v) is 13.0. The average Bonchev–Trinajstić information content (AvgIpc) is 3.36. The zero-order valence-electron chi connectivity index (χ0n) is 23.5. The number of hydrogen-bond acceptors (Lipinski definition) is 7. The number of aryl methyl sites for hydroxylation is 2. The van der Waals surface area contributed by atoms with Crippen LogP contribution >= 0.6 is 0 Å².